The van der Waals surface area contributed by atoms with Gasteiger partial charge >= 0.3 is 6.03 Å². The second-order valence-electron chi connectivity index (χ2n) is 7.74. The third-order valence-electron chi connectivity index (χ3n) is 5.66. The average Bonchev–Trinajstić information content (AvgIpc) is 3.37. The normalized spacial score (nSPS) is 26.2. The fraction of sp³-hybridized carbons (Fsp3) is 0.842. The predicted octanol–water partition coefficient (Wildman–Crippen LogP) is 1.94. The maximum atomic E-state index is 11.9. The zero-order chi connectivity index (χ0) is 19.1. The van der Waals surface area contributed by atoms with Crippen molar-refractivity contribution in [2.24, 2.45) is 0 Å². The maximum absolute atomic E-state index is 11.9. The molecule has 152 valence electrons. The Labute approximate surface area is 161 Å². The van der Waals surface area contributed by atoms with E-state index in [2.05, 4.69) is 27.1 Å². The van der Waals surface area contributed by atoms with Gasteiger partial charge in [0, 0.05) is 25.2 Å². The summed E-state index contributed by atoms with van der Waals surface area (Å²) in [6, 6.07) is -0.340. The lowest BCUT2D eigenvalue weighted by Crippen LogP contribution is -2.53. The quantitative estimate of drug-likeness (QED) is 0.641. The van der Waals surface area contributed by atoms with Crippen LogP contribution in [0.4, 0.5) is 4.79 Å². The minimum Gasteiger partial charge on any atom is -0.394 e. The number of aliphatic hydroxyl groups is 1. The predicted molar refractivity (Wildman–Crippen MR) is 101 cm³/mol. The first-order valence-electron chi connectivity index (χ1n) is 10.4. The highest BCUT2D eigenvalue weighted by molar-refractivity contribution is 5.74. The molecule has 2 heterocycles. The summed E-state index contributed by atoms with van der Waals surface area (Å²) in [5, 5.41) is 24.0. The summed E-state index contributed by atoms with van der Waals surface area (Å²) in [4.78, 5) is 11.9. The van der Waals surface area contributed by atoms with Gasteiger partial charge in [-0.25, -0.2) is 4.79 Å². The van der Waals surface area contributed by atoms with Crippen molar-refractivity contribution in [1.82, 2.24) is 25.6 Å². The number of amides is 2. The van der Waals surface area contributed by atoms with Crippen LogP contribution < -0.4 is 10.6 Å². The van der Waals surface area contributed by atoms with E-state index in [0.717, 1.165) is 37.9 Å². The van der Waals surface area contributed by atoms with Crippen LogP contribution in [0.3, 0.4) is 0 Å². The number of urea groups is 1. The van der Waals surface area contributed by atoms with Crippen molar-refractivity contribution in [2.45, 2.75) is 89.0 Å². The van der Waals surface area contributed by atoms with E-state index in [1.54, 1.807) is 0 Å². The molecule has 0 spiro atoms. The van der Waals surface area contributed by atoms with Gasteiger partial charge in [0.1, 0.15) is 6.10 Å². The molecule has 3 atom stereocenters. The molecule has 0 radical (unpaired) electrons. The second-order valence-corrected chi connectivity index (χ2v) is 7.74. The van der Waals surface area contributed by atoms with Crippen LogP contribution in [0.1, 0.15) is 69.9 Å². The summed E-state index contributed by atoms with van der Waals surface area (Å²) >= 11 is 0. The second kappa shape index (κ2) is 10.0. The lowest BCUT2D eigenvalue weighted by atomic mass is 9.97. The Kier molecular flexibility index (Phi) is 7.46. The number of aromatic nitrogens is 3. The van der Waals surface area contributed by atoms with Gasteiger partial charge in [0.05, 0.1) is 24.4 Å². The van der Waals surface area contributed by atoms with Crippen LogP contribution in [-0.2, 0) is 11.3 Å². The van der Waals surface area contributed by atoms with Gasteiger partial charge in [-0.3, -0.25) is 4.68 Å². The molecule has 3 rings (SSSR count). The zero-order valence-corrected chi connectivity index (χ0v) is 16.3. The summed E-state index contributed by atoms with van der Waals surface area (Å²) in [6.45, 7) is 3.32. The number of carbonyl (C=O) groups is 1. The monoisotopic (exact) mass is 379 g/mol. The molecule has 1 aliphatic heterocycles. The molecule has 1 saturated heterocycles. The van der Waals surface area contributed by atoms with Crippen LogP contribution in [0.2, 0.25) is 0 Å². The van der Waals surface area contributed by atoms with Crippen molar-refractivity contribution >= 4 is 6.03 Å². The summed E-state index contributed by atoms with van der Waals surface area (Å²) < 4.78 is 7.94. The number of hydrogen-bond acceptors (Lipinski definition) is 5. The first-order chi connectivity index (χ1) is 13.2. The van der Waals surface area contributed by atoms with Crippen LogP contribution in [0.25, 0.3) is 0 Å². The van der Waals surface area contributed by atoms with Crippen molar-refractivity contribution in [2.75, 3.05) is 13.2 Å². The van der Waals surface area contributed by atoms with E-state index in [0.29, 0.717) is 12.5 Å². The van der Waals surface area contributed by atoms with Gasteiger partial charge < -0.3 is 20.5 Å². The van der Waals surface area contributed by atoms with Crippen molar-refractivity contribution in [3.63, 3.8) is 0 Å². The summed E-state index contributed by atoms with van der Waals surface area (Å²) in [5.41, 5.74) is 1.12. The Hall–Kier alpha value is -1.67. The van der Waals surface area contributed by atoms with Gasteiger partial charge in [0.25, 0.3) is 0 Å². The zero-order valence-electron chi connectivity index (χ0n) is 16.3. The van der Waals surface area contributed by atoms with Gasteiger partial charge in [-0.05, 0) is 38.5 Å². The Balaban J connectivity index is 1.43. The van der Waals surface area contributed by atoms with Crippen LogP contribution in [-0.4, -0.2) is 57.5 Å². The fourth-order valence-corrected chi connectivity index (χ4v) is 4.07. The van der Waals surface area contributed by atoms with E-state index in [-0.39, 0.29) is 30.9 Å². The Bertz CT molecular complexity index is 588. The van der Waals surface area contributed by atoms with E-state index in [9.17, 15) is 9.90 Å². The summed E-state index contributed by atoms with van der Waals surface area (Å²) in [7, 11) is 0. The highest BCUT2D eigenvalue weighted by atomic mass is 16.5. The first-order valence-corrected chi connectivity index (χ1v) is 10.4. The lowest BCUT2D eigenvalue weighted by Gasteiger charge is -2.36. The molecule has 27 heavy (non-hydrogen) atoms. The molecule has 8 heteroatoms. The number of nitrogens with one attached hydrogen (secondary N) is 2. The van der Waals surface area contributed by atoms with E-state index >= 15 is 0 Å². The molecule has 0 unspecified atom stereocenters. The summed E-state index contributed by atoms with van der Waals surface area (Å²) in [5.74, 6) is 0.578. The minimum atomic E-state index is -0.360. The average molecular weight is 380 g/mol. The van der Waals surface area contributed by atoms with Crippen molar-refractivity contribution < 1.29 is 14.6 Å². The number of nitrogens with zero attached hydrogens (tertiary/aromatic N) is 3. The molecule has 2 fully saturated rings. The molecule has 8 nitrogen and oxygen atoms in total. The molecule has 0 bridgehead atoms. The van der Waals surface area contributed by atoms with Gasteiger partial charge in [-0.15, -0.1) is 5.10 Å². The highest BCUT2D eigenvalue weighted by Gasteiger charge is 2.31. The third kappa shape index (κ3) is 5.65. The van der Waals surface area contributed by atoms with Crippen molar-refractivity contribution in [1.29, 1.82) is 0 Å². The third-order valence-corrected chi connectivity index (χ3v) is 5.66. The number of rotatable bonds is 8. The minimum absolute atomic E-state index is 0.0676. The van der Waals surface area contributed by atoms with Gasteiger partial charge in [-0.2, -0.15) is 0 Å². The molecule has 1 aromatic rings. The standard InChI is InChI=1S/C19H33N5O3/c1-2-10-20-19(26)21-16-8-7-15(27-18(16)13-25)9-11-24-12-17(22-23-24)14-5-3-4-6-14/h12,14-16,18,25H,2-11,13H2,1H3,(H2,20,21,26)/t15-,16+,18+/m0/s1. The van der Waals surface area contributed by atoms with Crippen LogP contribution in [0, 0.1) is 0 Å². The number of aryl methyl sites for hydroxylation is 1. The van der Waals surface area contributed by atoms with Crippen LogP contribution >= 0.6 is 0 Å². The van der Waals surface area contributed by atoms with E-state index in [1.165, 1.54) is 25.7 Å². The highest BCUT2D eigenvalue weighted by Crippen LogP contribution is 2.32. The van der Waals surface area contributed by atoms with Crippen LogP contribution in [0.5, 0.6) is 0 Å². The van der Waals surface area contributed by atoms with Gasteiger partial charge in [0.2, 0.25) is 0 Å². The topological polar surface area (TPSA) is 101 Å². The summed E-state index contributed by atoms with van der Waals surface area (Å²) in [6.07, 6.45) is 10.2. The SMILES string of the molecule is CCCNC(=O)N[C@@H]1CC[C@@H](CCn2cc(C3CCCC3)nn2)O[C@@H]1CO. The smallest absolute Gasteiger partial charge is 0.315 e. The Morgan fingerprint density at radius 2 is 2.15 bits per heavy atom. The Morgan fingerprint density at radius 3 is 2.89 bits per heavy atom. The van der Waals surface area contributed by atoms with E-state index < -0.39 is 0 Å². The number of ether oxygens (including phenoxy) is 1. The van der Waals surface area contributed by atoms with Crippen molar-refractivity contribution in [3.8, 4) is 0 Å². The molecule has 1 aliphatic carbocycles. The number of hydrogen-bond donors (Lipinski definition) is 3. The molecular weight excluding hydrogens is 346 g/mol. The van der Waals surface area contributed by atoms with Gasteiger partial charge in [0.15, 0.2) is 0 Å². The van der Waals surface area contributed by atoms with Gasteiger partial charge in [-0.1, -0.05) is 25.0 Å². The molecule has 1 saturated carbocycles. The molecule has 2 aliphatic rings. The van der Waals surface area contributed by atoms with Crippen molar-refractivity contribution in [3.05, 3.63) is 11.9 Å². The fourth-order valence-electron chi connectivity index (χ4n) is 4.07. The maximum Gasteiger partial charge on any atom is 0.315 e. The largest absolute Gasteiger partial charge is 0.394 e. The van der Waals surface area contributed by atoms with Crippen LogP contribution in [0.15, 0.2) is 6.20 Å². The number of aliphatic hydroxyl groups excluding tert-OH is 1. The molecule has 1 aromatic heterocycles. The molecule has 0 aromatic carbocycles. The Morgan fingerprint density at radius 1 is 1.33 bits per heavy atom. The first kappa shape index (κ1) is 20.1. The van der Waals surface area contributed by atoms with E-state index in [1.807, 2.05) is 11.6 Å². The number of carbonyl (C=O) groups excluding carboxylic acids is 1. The molecule has 2 amide bonds. The molecule has 3 N–H and O–H groups in total. The molecular formula is C19H33N5O3. The lowest BCUT2D eigenvalue weighted by molar-refractivity contribution is -0.0907. The van der Waals surface area contributed by atoms with E-state index in [4.69, 9.17) is 4.74 Å².